The molecule has 1 aliphatic heterocycles. The molecule has 0 bridgehead atoms. The molecule has 118 valence electrons. The van der Waals surface area contributed by atoms with Crippen molar-refractivity contribution in [3.8, 4) is 0 Å². The van der Waals surface area contributed by atoms with Crippen molar-refractivity contribution >= 4 is 23.3 Å². The van der Waals surface area contributed by atoms with Crippen LogP contribution in [0.15, 0.2) is 34.7 Å². The van der Waals surface area contributed by atoms with Crippen LogP contribution >= 0.6 is 0 Å². The van der Waals surface area contributed by atoms with Crippen molar-refractivity contribution in [3.05, 3.63) is 53.0 Å². The molecule has 0 radical (unpaired) electrons. The molecule has 0 fully saturated rings. The molecule has 0 spiro atoms. The van der Waals surface area contributed by atoms with Crippen LogP contribution in [0.1, 0.15) is 45.6 Å². The summed E-state index contributed by atoms with van der Waals surface area (Å²) in [4.78, 5) is 36.4. The van der Waals surface area contributed by atoms with Gasteiger partial charge >= 0.3 is 5.97 Å². The number of carbonyl (C=O) groups is 3. The van der Waals surface area contributed by atoms with Gasteiger partial charge in [-0.3, -0.25) is 9.59 Å². The molecular formula is C17H15NO5. The molecule has 0 aliphatic carbocycles. The van der Waals surface area contributed by atoms with Crippen LogP contribution in [0.3, 0.4) is 0 Å². The number of benzene rings is 1. The maximum atomic E-state index is 12.2. The molecule has 2 heterocycles. The molecule has 23 heavy (non-hydrogen) atoms. The quantitative estimate of drug-likeness (QED) is 0.857. The minimum Gasteiger partial charge on any atom is -0.475 e. The number of carboxylic acid groups (broad SMARTS) is 1. The lowest BCUT2D eigenvalue weighted by Gasteiger charge is -2.16. The zero-order valence-electron chi connectivity index (χ0n) is 12.5. The second kappa shape index (κ2) is 5.72. The standard InChI is InChI=1S/C17H15NO5/c1-2-14(19)10-3-5-13-11(7-10)8-16(20)18(13)9-12-4-6-15(23-12)17(21)22/h3-7H,2,8-9H2,1H3,(H,21,22). The molecule has 0 saturated carbocycles. The van der Waals surface area contributed by atoms with Crippen molar-refractivity contribution in [1.82, 2.24) is 0 Å². The van der Waals surface area contributed by atoms with E-state index in [4.69, 9.17) is 9.52 Å². The van der Waals surface area contributed by atoms with Crippen LogP contribution < -0.4 is 4.90 Å². The van der Waals surface area contributed by atoms with Crippen molar-refractivity contribution in [2.75, 3.05) is 4.90 Å². The van der Waals surface area contributed by atoms with E-state index in [0.29, 0.717) is 17.7 Å². The van der Waals surface area contributed by atoms with E-state index < -0.39 is 5.97 Å². The topological polar surface area (TPSA) is 87.8 Å². The van der Waals surface area contributed by atoms with Gasteiger partial charge in [0.2, 0.25) is 11.7 Å². The van der Waals surface area contributed by atoms with E-state index in [-0.39, 0.29) is 30.4 Å². The van der Waals surface area contributed by atoms with Gasteiger partial charge in [-0.25, -0.2) is 4.79 Å². The number of furan rings is 1. The largest absolute Gasteiger partial charge is 0.475 e. The number of anilines is 1. The van der Waals surface area contributed by atoms with Gasteiger partial charge in [0.15, 0.2) is 5.78 Å². The minimum atomic E-state index is -1.15. The van der Waals surface area contributed by atoms with Gasteiger partial charge in [-0.2, -0.15) is 0 Å². The molecule has 6 heteroatoms. The number of hydrogen-bond acceptors (Lipinski definition) is 4. The third-order valence-electron chi connectivity index (χ3n) is 3.84. The third-order valence-corrected chi connectivity index (χ3v) is 3.84. The maximum Gasteiger partial charge on any atom is 0.371 e. The molecule has 3 rings (SSSR count). The van der Waals surface area contributed by atoms with Crippen LogP contribution in [0.5, 0.6) is 0 Å². The Morgan fingerprint density at radius 3 is 2.70 bits per heavy atom. The summed E-state index contributed by atoms with van der Waals surface area (Å²) in [5, 5.41) is 8.87. The molecule has 0 unspecified atom stereocenters. The summed E-state index contributed by atoms with van der Waals surface area (Å²) >= 11 is 0. The van der Waals surface area contributed by atoms with E-state index in [0.717, 1.165) is 11.3 Å². The molecule has 1 aromatic heterocycles. The number of carbonyl (C=O) groups excluding carboxylic acids is 2. The third kappa shape index (κ3) is 2.75. The van der Waals surface area contributed by atoms with Crippen molar-refractivity contribution in [2.24, 2.45) is 0 Å². The van der Waals surface area contributed by atoms with Crippen molar-refractivity contribution in [1.29, 1.82) is 0 Å². The molecule has 1 aromatic carbocycles. The Labute approximate surface area is 132 Å². The molecule has 1 aliphatic rings. The van der Waals surface area contributed by atoms with Gasteiger partial charge in [0, 0.05) is 17.7 Å². The van der Waals surface area contributed by atoms with Crippen molar-refractivity contribution < 1.29 is 23.9 Å². The Kier molecular flexibility index (Phi) is 3.73. The average Bonchev–Trinajstić information content (AvgIpc) is 3.12. The van der Waals surface area contributed by atoms with Gasteiger partial charge in [-0.1, -0.05) is 6.92 Å². The van der Waals surface area contributed by atoms with Crippen LogP contribution in [0, 0.1) is 0 Å². The summed E-state index contributed by atoms with van der Waals surface area (Å²) in [6, 6.07) is 8.13. The first-order chi connectivity index (χ1) is 11.0. The predicted octanol–water partition coefficient (Wildman–Crippen LogP) is 2.66. The highest BCUT2D eigenvalue weighted by Crippen LogP contribution is 2.31. The summed E-state index contributed by atoms with van der Waals surface area (Å²) in [6.07, 6.45) is 0.646. The molecule has 6 nitrogen and oxygen atoms in total. The summed E-state index contributed by atoms with van der Waals surface area (Å²) in [6.45, 7) is 1.96. The Morgan fingerprint density at radius 1 is 1.26 bits per heavy atom. The lowest BCUT2D eigenvalue weighted by molar-refractivity contribution is -0.117. The first-order valence-corrected chi connectivity index (χ1v) is 7.28. The van der Waals surface area contributed by atoms with E-state index in [1.807, 2.05) is 0 Å². The fourth-order valence-corrected chi connectivity index (χ4v) is 2.67. The number of fused-ring (bicyclic) bond motifs is 1. The Hall–Kier alpha value is -2.89. The van der Waals surface area contributed by atoms with Crippen LogP contribution in [-0.2, 0) is 17.8 Å². The summed E-state index contributed by atoms with van der Waals surface area (Å²) in [5.74, 6) is -0.967. The number of ketones is 1. The van der Waals surface area contributed by atoms with Gasteiger partial charge < -0.3 is 14.4 Å². The van der Waals surface area contributed by atoms with E-state index in [2.05, 4.69) is 0 Å². The summed E-state index contributed by atoms with van der Waals surface area (Å²) in [5.41, 5.74) is 2.14. The van der Waals surface area contributed by atoms with Gasteiger partial charge in [-0.15, -0.1) is 0 Å². The number of rotatable bonds is 5. The second-order valence-electron chi connectivity index (χ2n) is 5.35. The Morgan fingerprint density at radius 2 is 2.04 bits per heavy atom. The molecule has 2 aromatic rings. The number of Topliss-reactive ketones (excluding diaryl/α,β-unsaturated/α-hetero) is 1. The average molecular weight is 313 g/mol. The first-order valence-electron chi connectivity index (χ1n) is 7.28. The fourth-order valence-electron chi connectivity index (χ4n) is 2.67. The minimum absolute atomic E-state index is 0.0378. The lowest BCUT2D eigenvalue weighted by atomic mass is 10.0. The smallest absolute Gasteiger partial charge is 0.371 e. The van der Waals surface area contributed by atoms with Gasteiger partial charge in [0.05, 0.1) is 13.0 Å². The first kappa shape index (κ1) is 15.0. The zero-order valence-corrected chi connectivity index (χ0v) is 12.5. The van der Waals surface area contributed by atoms with Crippen LogP contribution in [0.4, 0.5) is 5.69 Å². The zero-order chi connectivity index (χ0) is 16.6. The van der Waals surface area contributed by atoms with E-state index in [9.17, 15) is 14.4 Å². The van der Waals surface area contributed by atoms with Crippen LogP contribution in [0.25, 0.3) is 0 Å². The lowest BCUT2D eigenvalue weighted by Crippen LogP contribution is -2.25. The van der Waals surface area contributed by atoms with E-state index >= 15 is 0 Å². The second-order valence-corrected chi connectivity index (χ2v) is 5.35. The summed E-state index contributed by atoms with van der Waals surface area (Å²) < 4.78 is 5.20. The van der Waals surface area contributed by atoms with Crippen molar-refractivity contribution in [2.45, 2.75) is 26.3 Å². The number of nitrogens with zero attached hydrogens (tertiary/aromatic N) is 1. The number of carboxylic acids is 1. The highest BCUT2D eigenvalue weighted by Gasteiger charge is 2.29. The van der Waals surface area contributed by atoms with Gasteiger partial charge in [0.1, 0.15) is 5.76 Å². The maximum absolute atomic E-state index is 12.2. The molecular weight excluding hydrogens is 298 g/mol. The fraction of sp³-hybridized carbons (Fsp3) is 0.235. The monoisotopic (exact) mass is 313 g/mol. The summed E-state index contributed by atoms with van der Waals surface area (Å²) in [7, 11) is 0. The molecule has 1 N–H and O–H groups in total. The van der Waals surface area contributed by atoms with Crippen LogP contribution in [0.2, 0.25) is 0 Å². The molecule has 0 saturated heterocycles. The van der Waals surface area contributed by atoms with Gasteiger partial charge in [-0.05, 0) is 35.9 Å². The number of aromatic carboxylic acids is 1. The number of amides is 1. The number of hydrogen-bond donors (Lipinski definition) is 1. The predicted molar refractivity (Wildman–Crippen MR) is 81.6 cm³/mol. The normalized spacial score (nSPS) is 13.3. The molecule has 0 atom stereocenters. The highest BCUT2D eigenvalue weighted by atomic mass is 16.4. The molecule has 1 amide bonds. The Balaban J connectivity index is 1.86. The van der Waals surface area contributed by atoms with E-state index in [1.165, 1.54) is 6.07 Å². The van der Waals surface area contributed by atoms with Crippen molar-refractivity contribution in [3.63, 3.8) is 0 Å². The Bertz CT molecular complexity index is 805. The SMILES string of the molecule is CCC(=O)c1ccc2c(c1)CC(=O)N2Cc1ccc(C(=O)O)o1. The van der Waals surface area contributed by atoms with E-state index in [1.54, 1.807) is 36.1 Å². The van der Waals surface area contributed by atoms with Crippen LogP contribution in [-0.4, -0.2) is 22.8 Å². The highest BCUT2D eigenvalue weighted by molar-refractivity contribution is 6.03. The van der Waals surface area contributed by atoms with Gasteiger partial charge in [0.25, 0.3) is 0 Å².